The van der Waals surface area contributed by atoms with Gasteiger partial charge in [-0.15, -0.1) is 0 Å². The number of hydrogen-bond donors (Lipinski definition) is 1. The lowest BCUT2D eigenvalue weighted by Crippen LogP contribution is -2.04. The van der Waals surface area contributed by atoms with E-state index in [2.05, 4.69) is 6.92 Å². The highest BCUT2D eigenvalue weighted by Gasteiger charge is 2.13. The molecule has 1 aromatic carbocycles. The van der Waals surface area contributed by atoms with Crippen molar-refractivity contribution in [1.82, 2.24) is 0 Å². The molecule has 0 amide bonds. The monoisotopic (exact) mass is 302 g/mol. The summed E-state index contributed by atoms with van der Waals surface area (Å²) in [6.45, 7) is 4.04. The minimum atomic E-state index is -2.51. The van der Waals surface area contributed by atoms with Gasteiger partial charge in [-0.2, -0.15) is 0 Å². The number of halogens is 1. The SMILES string of the molecule is CCCCc1cc(CC)c(C(=O)Cl)cc1C[SH](=O)=O. The molecule has 0 spiro atoms. The summed E-state index contributed by atoms with van der Waals surface area (Å²) in [6, 6.07) is 3.57. The number of carbonyl (C=O) groups excluding carboxylic acids is 1. The first-order valence-corrected chi connectivity index (χ1v) is 8.19. The Hall–Kier alpha value is -0.870. The van der Waals surface area contributed by atoms with Gasteiger partial charge in [0.1, 0.15) is 10.7 Å². The number of unbranched alkanes of at least 4 members (excludes halogenated alkanes) is 1. The fourth-order valence-corrected chi connectivity index (χ4v) is 2.85. The fourth-order valence-electron chi connectivity index (χ4n) is 2.10. The third-order valence-electron chi connectivity index (χ3n) is 3.12. The summed E-state index contributed by atoms with van der Waals surface area (Å²) >= 11 is 5.56. The maximum Gasteiger partial charge on any atom is 0.252 e. The van der Waals surface area contributed by atoms with Crippen LogP contribution in [-0.4, -0.2) is 13.7 Å². The quantitative estimate of drug-likeness (QED) is 0.622. The van der Waals surface area contributed by atoms with Crippen LogP contribution < -0.4 is 0 Å². The van der Waals surface area contributed by atoms with Gasteiger partial charge in [0.25, 0.3) is 5.24 Å². The van der Waals surface area contributed by atoms with Crippen LogP contribution >= 0.6 is 11.6 Å². The highest BCUT2D eigenvalue weighted by molar-refractivity contribution is 7.71. The minimum absolute atomic E-state index is 0.0322. The molecule has 5 heteroatoms. The number of carbonyl (C=O) groups is 1. The Balaban J connectivity index is 3.29. The summed E-state index contributed by atoms with van der Waals surface area (Å²) in [5.41, 5.74) is 3.03. The number of benzene rings is 1. The van der Waals surface area contributed by atoms with Gasteiger partial charge in [0.2, 0.25) is 0 Å². The normalized spacial score (nSPS) is 10.9. The van der Waals surface area contributed by atoms with Gasteiger partial charge in [-0.3, -0.25) is 4.79 Å². The molecule has 1 rings (SSSR count). The van der Waals surface area contributed by atoms with Gasteiger partial charge in [-0.25, -0.2) is 8.42 Å². The average Bonchev–Trinajstić information content (AvgIpc) is 2.35. The molecule has 0 unspecified atom stereocenters. The predicted octanol–water partition coefficient (Wildman–Crippen LogP) is 3.08. The predicted molar refractivity (Wildman–Crippen MR) is 78.6 cm³/mol. The topological polar surface area (TPSA) is 51.2 Å². The van der Waals surface area contributed by atoms with Crippen LogP contribution in [0.25, 0.3) is 0 Å². The fraction of sp³-hybridized carbons (Fsp3) is 0.500. The summed E-state index contributed by atoms with van der Waals surface area (Å²) < 4.78 is 21.9. The van der Waals surface area contributed by atoms with Crippen LogP contribution in [0, 0.1) is 0 Å². The van der Waals surface area contributed by atoms with Crippen LogP contribution in [0.1, 0.15) is 53.7 Å². The zero-order valence-corrected chi connectivity index (χ0v) is 12.9. The van der Waals surface area contributed by atoms with E-state index in [-0.39, 0.29) is 5.75 Å². The van der Waals surface area contributed by atoms with Crippen molar-refractivity contribution in [1.29, 1.82) is 0 Å². The molecule has 0 aromatic heterocycles. The number of thiol groups is 1. The number of aryl methyl sites for hydroxylation is 2. The summed E-state index contributed by atoms with van der Waals surface area (Å²) in [7, 11) is -2.51. The first kappa shape index (κ1) is 16.2. The Bertz CT molecular complexity index is 528. The zero-order valence-electron chi connectivity index (χ0n) is 11.2. The molecule has 0 fully saturated rings. The molecule has 0 saturated heterocycles. The van der Waals surface area contributed by atoms with Crippen LogP contribution in [-0.2, 0) is 29.3 Å². The third kappa shape index (κ3) is 4.62. The molecular weight excluding hydrogens is 284 g/mol. The average molecular weight is 303 g/mol. The van der Waals surface area contributed by atoms with Crippen molar-refractivity contribution in [3.63, 3.8) is 0 Å². The second kappa shape index (κ2) is 7.65. The minimum Gasteiger partial charge on any atom is -0.276 e. The summed E-state index contributed by atoms with van der Waals surface area (Å²) in [5, 5.41) is -0.527. The van der Waals surface area contributed by atoms with Crippen molar-refractivity contribution in [3.8, 4) is 0 Å². The van der Waals surface area contributed by atoms with Crippen molar-refractivity contribution >= 4 is 27.5 Å². The van der Waals surface area contributed by atoms with Crippen molar-refractivity contribution in [2.45, 2.75) is 45.3 Å². The molecule has 0 aliphatic rings. The molecular formula is C14H19ClO3S. The van der Waals surface area contributed by atoms with Gasteiger partial charge in [0.15, 0.2) is 0 Å². The summed E-state index contributed by atoms with van der Waals surface area (Å²) in [4.78, 5) is 11.4. The van der Waals surface area contributed by atoms with Crippen LogP contribution in [0.15, 0.2) is 12.1 Å². The van der Waals surface area contributed by atoms with E-state index in [1.165, 1.54) is 0 Å². The molecule has 106 valence electrons. The van der Waals surface area contributed by atoms with Crippen molar-refractivity contribution < 1.29 is 13.2 Å². The third-order valence-corrected chi connectivity index (χ3v) is 3.92. The van der Waals surface area contributed by atoms with E-state index in [1.54, 1.807) is 6.07 Å². The number of hydrogen-bond acceptors (Lipinski definition) is 3. The lowest BCUT2D eigenvalue weighted by atomic mass is 9.95. The van der Waals surface area contributed by atoms with E-state index < -0.39 is 15.9 Å². The van der Waals surface area contributed by atoms with E-state index in [1.807, 2.05) is 13.0 Å². The van der Waals surface area contributed by atoms with Gasteiger partial charge in [0, 0.05) is 5.56 Å². The molecule has 0 saturated carbocycles. The van der Waals surface area contributed by atoms with E-state index in [9.17, 15) is 13.2 Å². The first-order valence-electron chi connectivity index (χ1n) is 6.45. The molecule has 0 heterocycles. The second-order valence-electron chi connectivity index (χ2n) is 4.50. The molecule has 0 bridgehead atoms. The van der Waals surface area contributed by atoms with Crippen LogP contribution in [0.2, 0.25) is 0 Å². The van der Waals surface area contributed by atoms with Gasteiger partial charge in [-0.05, 0) is 53.6 Å². The van der Waals surface area contributed by atoms with Crippen LogP contribution in [0.4, 0.5) is 0 Å². The molecule has 0 aliphatic heterocycles. The highest BCUT2D eigenvalue weighted by atomic mass is 35.5. The van der Waals surface area contributed by atoms with Gasteiger partial charge in [0.05, 0.1) is 5.75 Å². The Morgan fingerprint density at radius 2 is 1.84 bits per heavy atom. The lowest BCUT2D eigenvalue weighted by molar-refractivity contribution is 0.108. The molecule has 0 N–H and O–H groups in total. The zero-order chi connectivity index (χ0) is 14.4. The Morgan fingerprint density at radius 1 is 1.16 bits per heavy atom. The van der Waals surface area contributed by atoms with E-state index in [4.69, 9.17) is 11.6 Å². The molecule has 0 aliphatic carbocycles. The lowest BCUT2D eigenvalue weighted by Gasteiger charge is -2.12. The van der Waals surface area contributed by atoms with Crippen LogP contribution in [0.5, 0.6) is 0 Å². The van der Waals surface area contributed by atoms with Gasteiger partial charge < -0.3 is 0 Å². The molecule has 19 heavy (non-hydrogen) atoms. The largest absolute Gasteiger partial charge is 0.276 e. The van der Waals surface area contributed by atoms with E-state index >= 15 is 0 Å². The number of rotatable bonds is 7. The maximum absolute atomic E-state index is 11.4. The molecule has 0 radical (unpaired) electrons. The van der Waals surface area contributed by atoms with Gasteiger partial charge in [-0.1, -0.05) is 26.3 Å². The van der Waals surface area contributed by atoms with Crippen molar-refractivity contribution in [3.05, 3.63) is 34.4 Å². The Morgan fingerprint density at radius 3 is 2.32 bits per heavy atom. The highest BCUT2D eigenvalue weighted by Crippen LogP contribution is 2.22. The standard InChI is InChI=1S/C14H19ClO3S/c1-3-5-6-11-7-10(4-2)13(14(15)16)8-12(11)9-19(17)18/h7-8,19H,3-6,9H2,1-2H3. The second-order valence-corrected chi connectivity index (χ2v) is 5.82. The molecule has 1 aromatic rings. The summed E-state index contributed by atoms with van der Waals surface area (Å²) in [6.07, 6.45) is 3.58. The maximum atomic E-state index is 11.4. The Labute approximate surface area is 120 Å². The van der Waals surface area contributed by atoms with Crippen molar-refractivity contribution in [2.24, 2.45) is 0 Å². The van der Waals surface area contributed by atoms with Crippen molar-refractivity contribution in [2.75, 3.05) is 0 Å². The van der Waals surface area contributed by atoms with E-state index in [0.717, 1.165) is 30.4 Å². The Kier molecular flexibility index (Phi) is 6.52. The summed E-state index contributed by atoms with van der Waals surface area (Å²) in [5.74, 6) is -0.0322. The smallest absolute Gasteiger partial charge is 0.252 e. The molecule has 0 atom stereocenters. The first-order chi connectivity index (χ1) is 8.99. The molecule has 3 nitrogen and oxygen atoms in total. The van der Waals surface area contributed by atoms with Crippen LogP contribution in [0.3, 0.4) is 0 Å². The van der Waals surface area contributed by atoms with Gasteiger partial charge >= 0.3 is 0 Å². The van der Waals surface area contributed by atoms with E-state index in [0.29, 0.717) is 17.5 Å².